The van der Waals surface area contributed by atoms with Gasteiger partial charge in [-0.1, -0.05) is 25.1 Å². The lowest BCUT2D eigenvalue weighted by Gasteiger charge is -2.26. The van der Waals surface area contributed by atoms with Crippen LogP contribution in [0.4, 0.5) is 0 Å². The number of aromatic amines is 1. The zero-order valence-electron chi connectivity index (χ0n) is 16.7. The van der Waals surface area contributed by atoms with Gasteiger partial charge in [-0.3, -0.25) is 0 Å². The van der Waals surface area contributed by atoms with Gasteiger partial charge >= 0.3 is 5.97 Å². The monoisotopic (exact) mass is 411 g/mol. The molecular weight excluding hydrogens is 382 g/mol. The number of esters is 1. The zero-order chi connectivity index (χ0) is 20.9. The Hall–Kier alpha value is -1.94. The van der Waals surface area contributed by atoms with E-state index >= 15 is 0 Å². The van der Waals surface area contributed by atoms with Gasteiger partial charge in [-0.25, -0.2) is 13.2 Å². The predicted octanol–water partition coefficient (Wildman–Crippen LogP) is 1.79. The Morgan fingerprint density at radius 3 is 2.57 bits per heavy atom. The molecule has 2 rings (SSSR count). The summed E-state index contributed by atoms with van der Waals surface area (Å²) >= 11 is 0. The first kappa shape index (κ1) is 22.4. The van der Waals surface area contributed by atoms with E-state index in [4.69, 9.17) is 15.2 Å². The van der Waals surface area contributed by atoms with Crippen molar-refractivity contribution < 1.29 is 22.7 Å². The Morgan fingerprint density at radius 1 is 1.29 bits per heavy atom. The number of benzene rings is 1. The van der Waals surface area contributed by atoms with E-state index < -0.39 is 28.1 Å². The third-order valence-electron chi connectivity index (χ3n) is 4.32. The molecule has 1 aromatic carbocycles. The van der Waals surface area contributed by atoms with E-state index in [2.05, 4.69) is 4.98 Å². The molecule has 1 aromatic heterocycles. The second-order valence-corrected chi connectivity index (χ2v) is 8.90. The van der Waals surface area contributed by atoms with Crippen molar-refractivity contribution in [3.05, 3.63) is 36.0 Å². The third kappa shape index (κ3) is 5.78. The number of para-hydroxylation sites is 1. The van der Waals surface area contributed by atoms with Crippen molar-refractivity contribution in [3.8, 4) is 0 Å². The van der Waals surface area contributed by atoms with Gasteiger partial charge in [-0.15, -0.1) is 0 Å². The number of likely N-dealkylation sites (N-methyl/N-ethyl adjacent to an activating group) is 1. The molecule has 3 N–H and O–H groups in total. The number of aromatic nitrogens is 1. The molecule has 0 amide bonds. The Kier molecular flexibility index (Phi) is 7.59. The van der Waals surface area contributed by atoms with E-state index in [1.54, 1.807) is 13.1 Å². The molecule has 0 saturated heterocycles. The molecule has 1 heterocycles. The number of H-pyrrole nitrogens is 1. The summed E-state index contributed by atoms with van der Waals surface area (Å²) in [5.74, 6) is -0.593. The van der Waals surface area contributed by atoms with Crippen LogP contribution in [0.5, 0.6) is 0 Å². The SMILES string of the molecule is CCN(C[C@@H](COC(=O)[C@@H](N)c1c[nH]c2ccccc12)OC(C)C)S(C)(=O)=O. The molecule has 8 nitrogen and oxygen atoms in total. The zero-order valence-corrected chi connectivity index (χ0v) is 17.5. The van der Waals surface area contributed by atoms with Gasteiger partial charge in [0.1, 0.15) is 18.8 Å². The minimum Gasteiger partial charge on any atom is -0.461 e. The number of nitrogens with zero attached hydrogens (tertiary/aromatic N) is 1. The Labute approximate surface area is 166 Å². The number of fused-ring (bicyclic) bond motifs is 1. The minimum absolute atomic E-state index is 0.0842. The number of sulfonamides is 1. The molecule has 0 spiro atoms. The van der Waals surface area contributed by atoms with E-state index in [-0.39, 0.29) is 19.3 Å². The molecule has 28 heavy (non-hydrogen) atoms. The highest BCUT2D eigenvalue weighted by Crippen LogP contribution is 2.23. The molecule has 0 radical (unpaired) electrons. The highest BCUT2D eigenvalue weighted by Gasteiger charge is 2.25. The largest absolute Gasteiger partial charge is 0.461 e. The second-order valence-electron chi connectivity index (χ2n) is 6.92. The van der Waals surface area contributed by atoms with Crippen LogP contribution in [0.25, 0.3) is 10.9 Å². The number of carbonyl (C=O) groups excluding carboxylic acids is 1. The second kappa shape index (κ2) is 9.51. The molecule has 2 aromatic rings. The molecule has 156 valence electrons. The average molecular weight is 412 g/mol. The van der Waals surface area contributed by atoms with Crippen LogP contribution >= 0.6 is 0 Å². The van der Waals surface area contributed by atoms with Crippen molar-refractivity contribution in [3.63, 3.8) is 0 Å². The number of nitrogens with two attached hydrogens (primary N) is 1. The molecule has 0 aliphatic carbocycles. The highest BCUT2D eigenvalue weighted by molar-refractivity contribution is 7.88. The lowest BCUT2D eigenvalue weighted by Crippen LogP contribution is -2.41. The maximum absolute atomic E-state index is 12.5. The van der Waals surface area contributed by atoms with Crippen molar-refractivity contribution in [2.24, 2.45) is 5.73 Å². The first-order chi connectivity index (χ1) is 13.1. The number of nitrogens with one attached hydrogen (secondary N) is 1. The van der Waals surface area contributed by atoms with Gasteiger partial charge in [-0.05, 0) is 19.9 Å². The highest BCUT2D eigenvalue weighted by atomic mass is 32.2. The summed E-state index contributed by atoms with van der Waals surface area (Å²) < 4.78 is 36.1. The van der Waals surface area contributed by atoms with Crippen molar-refractivity contribution in [2.75, 3.05) is 26.0 Å². The average Bonchev–Trinajstić information content (AvgIpc) is 3.05. The summed E-state index contributed by atoms with van der Waals surface area (Å²) in [6, 6.07) is 6.59. The van der Waals surface area contributed by atoms with Gasteiger partial charge < -0.3 is 20.2 Å². The predicted molar refractivity (Wildman–Crippen MR) is 108 cm³/mol. The Morgan fingerprint density at radius 2 is 1.96 bits per heavy atom. The number of ether oxygens (including phenoxy) is 2. The standard InChI is InChI=1S/C19H29N3O5S/c1-5-22(28(4,24)25)11-14(27-13(2)3)12-26-19(23)18(20)16-10-21-17-9-7-6-8-15(16)17/h6-10,13-14,18,21H,5,11-12,20H2,1-4H3/t14-,18-/m0/s1. The van der Waals surface area contributed by atoms with E-state index in [1.165, 1.54) is 4.31 Å². The third-order valence-corrected chi connectivity index (χ3v) is 5.66. The van der Waals surface area contributed by atoms with E-state index in [0.717, 1.165) is 17.2 Å². The molecular formula is C19H29N3O5S. The number of hydrogen-bond donors (Lipinski definition) is 2. The summed E-state index contributed by atoms with van der Waals surface area (Å²) in [6.07, 6.45) is 2.10. The molecule has 0 aliphatic rings. The molecule has 0 saturated carbocycles. The van der Waals surface area contributed by atoms with Crippen LogP contribution in [-0.4, -0.2) is 61.8 Å². The summed E-state index contributed by atoms with van der Waals surface area (Å²) in [4.78, 5) is 15.6. The van der Waals surface area contributed by atoms with Crippen LogP contribution in [0, 0.1) is 0 Å². The Bertz CT molecular complexity index is 894. The van der Waals surface area contributed by atoms with Gasteiger partial charge in [0, 0.05) is 35.8 Å². The maximum atomic E-state index is 12.5. The van der Waals surface area contributed by atoms with Crippen molar-refractivity contribution in [1.82, 2.24) is 9.29 Å². The first-order valence-electron chi connectivity index (χ1n) is 9.22. The van der Waals surface area contributed by atoms with Crippen molar-refractivity contribution >= 4 is 26.9 Å². The Balaban J connectivity index is 2.05. The van der Waals surface area contributed by atoms with E-state index in [0.29, 0.717) is 12.1 Å². The molecule has 9 heteroatoms. The molecule has 0 fully saturated rings. The first-order valence-corrected chi connectivity index (χ1v) is 11.1. The topological polar surface area (TPSA) is 115 Å². The van der Waals surface area contributed by atoms with Gasteiger partial charge in [0.2, 0.25) is 10.0 Å². The summed E-state index contributed by atoms with van der Waals surface area (Å²) in [6.45, 7) is 5.74. The smallest absolute Gasteiger partial charge is 0.327 e. The van der Waals surface area contributed by atoms with Crippen LogP contribution in [0.1, 0.15) is 32.4 Å². The maximum Gasteiger partial charge on any atom is 0.327 e. The fraction of sp³-hybridized carbons (Fsp3) is 0.526. The van der Waals surface area contributed by atoms with Crippen LogP contribution in [-0.2, 0) is 24.3 Å². The minimum atomic E-state index is -3.38. The molecule has 0 bridgehead atoms. The van der Waals surface area contributed by atoms with Gasteiger partial charge in [-0.2, -0.15) is 4.31 Å². The van der Waals surface area contributed by atoms with Crippen molar-refractivity contribution in [2.45, 2.75) is 39.0 Å². The summed E-state index contributed by atoms with van der Waals surface area (Å²) in [5.41, 5.74) is 7.62. The summed E-state index contributed by atoms with van der Waals surface area (Å²) in [5, 5.41) is 0.858. The quantitative estimate of drug-likeness (QED) is 0.576. The molecule has 2 atom stereocenters. The fourth-order valence-electron chi connectivity index (χ4n) is 2.99. The van der Waals surface area contributed by atoms with E-state index in [9.17, 15) is 13.2 Å². The normalized spacial score (nSPS) is 14.5. The summed E-state index contributed by atoms with van der Waals surface area (Å²) in [7, 11) is -3.38. The van der Waals surface area contributed by atoms with E-state index in [1.807, 2.05) is 38.1 Å². The lowest BCUT2D eigenvalue weighted by atomic mass is 10.1. The molecule has 0 aliphatic heterocycles. The number of hydrogen-bond acceptors (Lipinski definition) is 6. The fourth-order valence-corrected chi connectivity index (χ4v) is 3.90. The van der Waals surface area contributed by atoms with Crippen LogP contribution in [0.15, 0.2) is 30.5 Å². The van der Waals surface area contributed by atoms with Crippen LogP contribution in [0.2, 0.25) is 0 Å². The van der Waals surface area contributed by atoms with Crippen LogP contribution in [0.3, 0.4) is 0 Å². The van der Waals surface area contributed by atoms with Gasteiger partial charge in [0.05, 0.1) is 12.4 Å². The van der Waals surface area contributed by atoms with Gasteiger partial charge in [0.25, 0.3) is 0 Å². The van der Waals surface area contributed by atoms with Crippen molar-refractivity contribution in [1.29, 1.82) is 0 Å². The lowest BCUT2D eigenvalue weighted by molar-refractivity contribution is -0.151. The van der Waals surface area contributed by atoms with Gasteiger partial charge in [0.15, 0.2) is 0 Å². The number of carbonyl (C=O) groups is 1. The number of rotatable bonds is 10. The van der Waals surface area contributed by atoms with Crippen LogP contribution < -0.4 is 5.73 Å². The molecule has 0 unspecified atom stereocenters.